The number of nitrogens with one attached hydrogen (secondary N) is 3. The monoisotopic (exact) mass is 408 g/mol. The topological polar surface area (TPSA) is 82.7 Å². The van der Waals surface area contributed by atoms with Crippen LogP contribution in [-0.4, -0.2) is 38.1 Å². The second-order valence-electron chi connectivity index (χ2n) is 7.71. The van der Waals surface area contributed by atoms with E-state index in [1.54, 1.807) is 5.01 Å². The summed E-state index contributed by atoms with van der Waals surface area (Å²) in [4.78, 5) is 25.6. The third-order valence-electron chi connectivity index (χ3n) is 5.62. The van der Waals surface area contributed by atoms with Gasteiger partial charge in [-0.15, -0.1) is 0 Å². The molecule has 30 heavy (non-hydrogen) atoms. The lowest BCUT2D eigenvalue weighted by Crippen LogP contribution is -2.35. The van der Waals surface area contributed by atoms with Gasteiger partial charge >= 0.3 is 0 Å². The fraction of sp³-hybridized carbons (Fsp3) is 0.391. The molecule has 2 amide bonds. The number of fused-ring (bicyclic) bond motifs is 3. The Hall–Kier alpha value is -2.90. The molecular formula is C23H28N4O3. The molecule has 0 spiro atoms. The Morgan fingerprint density at radius 3 is 2.80 bits per heavy atom. The van der Waals surface area contributed by atoms with E-state index in [1.165, 1.54) is 0 Å². The molecule has 7 heteroatoms. The summed E-state index contributed by atoms with van der Waals surface area (Å²) in [6.07, 6.45) is 0.776. The second kappa shape index (κ2) is 8.85. The highest BCUT2D eigenvalue weighted by Crippen LogP contribution is 2.39. The number of hydrogen-bond donors (Lipinski definition) is 3. The average Bonchev–Trinajstić information content (AvgIpc) is 3.10. The van der Waals surface area contributed by atoms with Gasteiger partial charge in [-0.25, -0.2) is 10.4 Å². The van der Waals surface area contributed by atoms with Crippen LogP contribution in [0.15, 0.2) is 42.5 Å². The summed E-state index contributed by atoms with van der Waals surface area (Å²) in [5, 5.41) is 7.91. The average molecular weight is 409 g/mol. The quantitative estimate of drug-likeness (QED) is 0.614. The van der Waals surface area contributed by atoms with Crippen molar-refractivity contribution in [3.63, 3.8) is 0 Å². The van der Waals surface area contributed by atoms with Gasteiger partial charge < -0.3 is 15.4 Å². The second-order valence-corrected chi connectivity index (χ2v) is 7.71. The minimum Gasteiger partial charge on any atom is -0.384 e. The van der Waals surface area contributed by atoms with Crippen LogP contribution >= 0.6 is 0 Å². The molecule has 2 aromatic carbocycles. The first-order valence-corrected chi connectivity index (χ1v) is 10.5. The highest BCUT2D eigenvalue weighted by Gasteiger charge is 2.44. The van der Waals surface area contributed by atoms with E-state index >= 15 is 0 Å². The number of benzene rings is 2. The highest BCUT2D eigenvalue weighted by atomic mass is 16.5. The lowest BCUT2D eigenvalue weighted by atomic mass is 9.88. The summed E-state index contributed by atoms with van der Waals surface area (Å²) in [7, 11) is 0. The summed E-state index contributed by atoms with van der Waals surface area (Å²) in [5.41, 5.74) is 7.82. The van der Waals surface area contributed by atoms with Crippen LogP contribution in [0.3, 0.4) is 0 Å². The first kappa shape index (κ1) is 20.4. The van der Waals surface area contributed by atoms with E-state index in [4.69, 9.17) is 4.74 Å². The van der Waals surface area contributed by atoms with Crippen LogP contribution < -0.4 is 21.1 Å². The SMILES string of the molecule is CCOCCCNC(=O)c1ccc2c(c1)C1NN(c3ccc(C)cc3)C(=O)C1CN2. The summed E-state index contributed by atoms with van der Waals surface area (Å²) in [6.45, 7) is 6.42. The molecule has 1 saturated heterocycles. The van der Waals surface area contributed by atoms with E-state index in [2.05, 4.69) is 16.1 Å². The van der Waals surface area contributed by atoms with Crippen LogP contribution in [0, 0.1) is 12.8 Å². The van der Waals surface area contributed by atoms with E-state index < -0.39 is 0 Å². The van der Waals surface area contributed by atoms with Gasteiger partial charge in [-0.3, -0.25) is 9.59 Å². The number of nitrogens with zero attached hydrogens (tertiary/aromatic N) is 1. The van der Waals surface area contributed by atoms with Crippen molar-refractivity contribution < 1.29 is 14.3 Å². The molecule has 1 fully saturated rings. The van der Waals surface area contributed by atoms with Gasteiger partial charge in [-0.05, 0) is 56.2 Å². The molecule has 0 bridgehead atoms. The Morgan fingerprint density at radius 2 is 2.03 bits per heavy atom. The van der Waals surface area contributed by atoms with E-state index in [0.717, 1.165) is 28.9 Å². The predicted molar refractivity (Wildman–Crippen MR) is 116 cm³/mol. The Morgan fingerprint density at radius 1 is 1.23 bits per heavy atom. The van der Waals surface area contributed by atoms with Crippen LogP contribution in [0.1, 0.15) is 40.9 Å². The molecule has 0 aromatic heterocycles. The molecule has 3 N–H and O–H groups in total. The minimum absolute atomic E-state index is 0.0350. The van der Waals surface area contributed by atoms with Gasteiger partial charge in [0.25, 0.3) is 5.91 Å². The normalized spacial score (nSPS) is 19.8. The molecule has 2 atom stereocenters. The van der Waals surface area contributed by atoms with Crippen molar-refractivity contribution in [3.8, 4) is 0 Å². The summed E-state index contributed by atoms with van der Waals surface area (Å²) < 4.78 is 5.30. The number of hydrazine groups is 1. The molecule has 0 saturated carbocycles. The lowest BCUT2D eigenvalue weighted by Gasteiger charge is -2.27. The van der Waals surface area contributed by atoms with Crippen LogP contribution in [0.2, 0.25) is 0 Å². The number of ether oxygens (including phenoxy) is 1. The maximum absolute atomic E-state index is 13.0. The van der Waals surface area contributed by atoms with Crippen LogP contribution in [0.5, 0.6) is 0 Å². The maximum atomic E-state index is 13.0. The van der Waals surface area contributed by atoms with Crippen molar-refractivity contribution in [2.45, 2.75) is 26.3 Å². The first-order chi connectivity index (χ1) is 14.6. The van der Waals surface area contributed by atoms with Crippen molar-refractivity contribution in [1.29, 1.82) is 0 Å². The van der Waals surface area contributed by atoms with Gasteiger partial charge in [0.15, 0.2) is 0 Å². The molecule has 2 aliphatic heterocycles. The minimum atomic E-state index is -0.219. The Balaban J connectivity index is 1.50. The standard InChI is InChI=1S/C23H28N4O3/c1-3-30-12-4-11-24-22(28)16-7-10-20-18(13-16)21-19(14-25-20)23(29)27(26-21)17-8-5-15(2)6-9-17/h5-10,13,19,21,25-26H,3-4,11-12,14H2,1-2H3,(H,24,28). The summed E-state index contributed by atoms with van der Waals surface area (Å²) in [5.74, 6) is -0.299. The van der Waals surface area contributed by atoms with Gasteiger partial charge in [-0.2, -0.15) is 0 Å². The Kier molecular flexibility index (Phi) is 6.01. The largest absolute Gasteiger partial charge is 0.384 e. The number of aryl methyl sites for hydroxylation is 1. The van der Waals surface area contributed by atoms with Crippen LogP contribution in [0.4, 0.5) is 11.4 Å². The molecule has 0 aliphatic carbocycles. The smallest absolute Gasteiger partial charge is 0.251 e. The first-order valence-electron chi connectivity index (χ1n) is 10.5. The van der Waals surface area contributed by atoms with Crippen molar-refractivity contribution in [2.24, 2.45) is 5.92 Å². The Labute approximate surface area is 176 Å². The molecule has 2 aromatic rings. The number of carbonyl (C=O) groups is 2. The van der Waals surface area contributed by atoms with Gasteiger partial charge in [0, 0.05) is 37.6 Å². The third-order valence-corrected chi connectivity index (χ3v) is 5.62. The number of amides is 2. The molecule has 2 aliphatic rings. The van der Waals surface area contributed by atoms with Gasteiger partial charge in [0.05, 0.1) is 17.6 Å². The van der Waals surface area contributed by atoms with Crippen LogP contribution in [0.25, 0.3) is 0 Å². The van der Waals surface area contributed by atoms with Gasteiger partial charge in [0.1, 0.15) is 0 Å². The van der Waals surface area contributed by atoms with Gasteiger partial charge in [0.2, 0.25) is 5.91 Å². The number of hydrogen-bond acceptors (Lipinski definition) is 5. The summed E-state index contributed by atoms with van der Waals surface area (Å²) >= 11 is 0. The molecule has 2 heterocycles. The van der Waals surface area contributed by atoms with E-state index in [0.29, 0.717) is 31.9 Å². The predicted octanol–water partition coefficient (Wildman–Crippen LogP) is 2.79. The highest BCUT2D eigenvalue weighted by molar-refractivity contribution is 5.99. The lowest BCUT2D eigenvalue weighted by molar-refractivity contribution is -0.120. The van der Waals surface area contributed by atoms with Crippen LogP contribution in [-0.2, 0) is 9.53 Å². The van der Waals surface area contributed by atoms with E-state index in [-0.39, 0.29) is 23.8 Å². The molecule has 4 rings (SSSR count). The van der Waals surface area contributed by atoms with Gasteiger partial charge in [-0.1, -0.05) is 17.7 Å². The third kappa shape index (κ3) is 4.04. The summed E-state index contributed by atoms with van der Waals surface area (Å²) in [6, 6.07) is 13.3. The van der Waals surface area contributed by atoms with Crippen molar-refractivity contribution in [2.75, 3.05) is 36.6 Å². The number of carbonyl (C=O) groups excluding carboxylic acids is 2. The zero-order valence-corrected chi connectivity index (χ0v) is 17.4. The molecule has 7 nitrogen and oxygen atoms in total. The molecular weight excluding hydrogens is 380 g/mol. The van der Waals surface area contributed by atoms with Crippen molar-refractivity contribution in [1.82, 2.24) is 10.7 Å². The van der Waals surface area contributed by atoms with Crippen molar-refractivity contribution in [3.05, 3.63) is 59.2 Å². The zero-order valence-electron chi connectivity index (χ0n) is 17.4. The van der Waals surface area contributed by atoms with E-state index in [9.17, 15) is 9.59 Å². The molecule has 2 unspecified atom stereocenters. The Bertz CT molecular complexity index is 929. The van der Waals surface area contributed by atoms with Crippen molar-refractivity contribution >= 4 is 23.2 Å². The zero-order chi connectivity index (χ0) is 21.1. The maximum Gasteiger partial charge on any atom is 0.251 e. The fourth-order valence-electron chi connectivity index (χ4n) is 3.95. The van der Waals surface area contributed by atoms with E-state index in [1.807, 2.05) is 56.3 Å². The fourth-order valence-corrected chi connectivity index (χ4v) is 3.95. The number of rotatable bonds is 7. The molecule has 0 radical (unpaired) electrons. The molecule has 158 valence electrons. The number of anilines is 2.